The smallest absolute Gasteiger partial charge is 0.190 e. The normalized spacial score (nSPS) is 13.7. The SMILES string of the molecule is Cn1cnnc1SCC(O)COc1ccc(C(C)(C)CC(C)(C)C)cc1. The molecule has 1 unspecified atom stereocenters. The van der Waals surface area contributed by atoms with Gasteiger partial charge < -0.3 is 14.4 Å². The lowest BCUT2D eigenvalue weighted by Crippen LogP contribution is -2.24. The van der Waals surface area contributed by atoms with Crippen molar-refractivity contribution in [3.05, 3.63) is 36.2 Å². The third-order valence-electron chi connectivity index (χ3n) is 4.13. The summed E-state index contributed by atoms with van der Waals surface area (Å²) in [7, 11) is 1.88. The number of benzene rings is 1. The predicted molar refractivity (Wildman–Crippen MR) is 107 cm³/mol. The Labute approximate surface area is 161 Å². The molecule has 0 saturated heterocycles. The largest absolute Gasteiger partial charge is 0.491 e. The zero-order chi connectivity index (χ0) is 19.4. The summed E-state index contributed by atoms with van der Waals surface area (Å²) in [6.07, 6.45) is 2.19. The molecule has 0 saturated carbocycles. The van der Waals surface area contributed by atoms with Crippen molar-refractivity contribution < 1.29 is 9.84 Å². The molecular formula is C20H31N3O2S. The maximum absolute atomic E-state index is 10.1. The summed E-state index contributed by atoms with van der Waals surface area (Å²) < 4.78 is 7.56. The molecule has 0 amide bonds. The first-order valence-corrected chi connectivity index (χ1v) is 9.94. The number of nitrogens with zero attached hydrogens (tertiary/aromatic N) is 3. The fraction of sp³-hybridized carbons (Fsp3) is 0.600. The Bertz CT molecular complexity index is 690. The Morgan fingerprint density at radius 3 is 2.35 bits per heavy atom. The van der Waals surface area contributed by atoms with Crippen molar-refractivity contribution in [1.82, 2.24) is 14.8 Å². The van der Waals surface area contributed by atoms with Gasteiger partial charge in [0.1, 0.15) is 18.7 Å². The molecule has 1 heterocycles. The Hall–Kier alpha value is -1.53. The monoisotopic (exact) mass is 377 g/mol. The highest BCUT2D eigenvalue weighted by molar-refractivity contribution is 7.99. The average Bonchev–Trinajstić information content (AvgIpc) is 2.94. The first-order valence-electron chi connectivity index (χ1n) is 8.95. The van der Waals surface area contributed by atoms with Crippen LogP contribution in [0.5, 0.6) is 5.75 Å². The fourth-order valence-electron chi connectivity index (χ4n) is 3.24. The number of aliphatic hydroxyl groups is 1. The van der Waals surface area contributed by atoms with Crippen LogP contribution < -0.4 is 4.74 Å². The van der Waals surface area contributed by atoms with Crippen molar-refractivity contribution in [3.8, 4) is 5.75 Å². The summed E-state index contributed by atoms with van der Waals surface area (Å²) in [5.74, 6) is 1.30. The molecule has 1 N–H and O–H groups in total. The Kier molecular flexibility index (Phi) is 6.74. The van der Waals surface area contributed by atoms with Crippen LogP contribution >= 0.6 is 11.8 Å². The molecule has 2 rings (SSSR count). The van der Waals surface area contributed by atoms with Crippen LogP contribution in [0.1, 0.15) is 46.6 Å². The van der Waals surface area contributed by atoms with Crippen LogP contribution in [0.25, 0.3) is 0 Å². The highest BCUT2D eigenvalue weighted by Crippen LogP contribution is 2.36. The third-order valence-corrected chi connectivity index (χ3v) is 5.30. The van der Waals surface area contributed by atoms with Crippen LogP contribution in [-0.4, -0.2) is 38.3 Å². The number of rotatable bonds is 8. The van der Waals surface area contributed by atoms with Gasteiger partial charge in [-0.25, -0.2) is 0 Å². The Morgan fingerprint density at radius 2 is 1.81 bits per heavy atom. The van der Waals surface area contributed by atoms with Crippen molar-refractivity contribution in [2.75, 3.05) is 12.4 Å². The molecule has 6 heteroatoms. The van der Waals surface area contributed by atoms with Crippen LogP contribution in [-0.2, 0) is 12.5 Å². The van der Waals surface area contributed by atoms with Gasteiger partial charge in [0.25, 0.3) is 0 Å². The number of hydrogen-bond donors (Lipinski definition) is 1. The molecule has 1 atom stereocenters. The van der Waals surface area contributed by atoms with Gasteiger partial charge in [-0.2, -0.15) is 0 Å². The van der Waals surface area contributed by atoms with Crippen molar-refractivity contribution in [1.29, 1.82) is 0 Å². The predicted octanol–water partition coefficient (Wildman–Crippen LogP) is 4.06. The van der Waals surface area contributed by atoms with Gasteiger partial charge in [0.05, 0.1) is 6.10 Å². The number of hydrogen-bond acceptors (Lipinski definition) is 5. The third kappa shape index (κ3) is 6.32. The van der Waals surface area contributed by atoms with E-state index in [4.69, 9.17) is 4.74 Å². The molecule has 0 bridgehead atoms. The standard InChI is InChI=1S/C20H31N3O2S/c1-19(2,3)13-20(4,5)15-7-9-17(10-8-15)25-11-16(24)12-26-18-22-21-14-23(18)6/h7-10,14,16,24H,11-13H2,1-6H3. The van der Waals surface area contributed by atoms with E-state index in [1.165, 1.54) is 17.3 Å². The van der Waals surface area contributed by atoms with Crippen LogP contribution in [0, 0.1) is 5.41 Å². The molecule has 1 aromatic carbocycles. The van der Waals surface area contributed by atoms with Gasteiger partial charge in [-0.1, -0.05) is 58.5 Å². The highest BCUT2D eigenvalue weighted by atomic mass is 32.2. The Morgan fingerprint density at radius 1 is 1.15 bits per heavy atom. The van der Waals surface area contributed by atoms with Crippen molar-refractivity contribution in [2.24, 2.45) is 12.5 Å². The summed E-state index contributed by atoms with van der Waals surface area (Å²) in [6, 6.07) is 8.23. The topological polar surface area (TPSA) is 60.2 Å². The lowest BCUT2D eigenvalue weighted by molar-refractivity contribution is 0.126. The minimum atomic E-state index is -0.561. The fourth-order valence-corrected chi connectivity index (χ4v) is 4.04. The average molecular weight is 378 g/mol. The lowest BCUT2D eigenvalue weighted by atomic mass is 9.72. The van der Waals surface area contributed by atoms with E-state index >= 15 is 0 Å². The second kappa shape index (κ2) is 8.44. The maximum Gasteiger partial charge on any atom is 0.190 e. The van der Waals surface area contributed by atoms with Crippen molar-refractivity contribution >= 4 is 11.8 Å². The van der Waals surface area contributed by atoms with Gasteiger partial charge in [0, 0.05) is 12.8 Å². The molecule has 0 radical (unpaired) electrons. The summed E-state index contributed by atoms with van der Waals surface area (Å²) >= 11 is 1.47. The number of aromatic nitrogens is 3. The molecule has 0 fully saturated rings. The van der Waals surface area contributed by atoms with Crippen molar-refractivity contribution in [2.45, 2.75) is 57.7 Å². The number of ether oxygens (including phenoxy) is 1. The van der Waals surface area contributed by atoms with E-state index in [1.54, 1.807) is 6.33 Å². The lowest BCUT2D eigenvalue weighted by Gasteiger charge is -2.33. The number of thioether (sulfide) groups is 1. The minimum absolute atomic E-state index is 0.114. The zero-order valence-electron chi connectivity index (χ0n) is 16.7. The molecule has 0 aliphatic heterocycles. The minimum Gasteiger partial charge on any atom is -0.491 e. The summed E-state index contributed by atoms with van der Waals surface area (Å²) in [6.45, 7) is 11.6. The molecule has 26 heavy (non-hydrogen) atoms. The Balaban J connectivity index is 1.84. The summed E-state index contributed by atoms with van der Waals surface area (Å²) in [5.41, 5.74) is 1.70. The molecule has 1 aromatic heterocycles. The van der Waals surface area contributed by atoms with E-state index in [9.17, 15) is 5.11 Å². The van der Waals surface area contributed by atoms with Crippen LogP contribution in [0.4, 0.5) is 0 Å². The van der Waals surface area contributed by atoms with Crippen LogP contribution in [0.2, 0.25) is 0 Å². The molecule has 144 valence electrons. The molecule has 0 aliphatic carbocycles. The van der Waals surface area contributed by atoms with Gasteiger partial charge in [-0.05, 0) is 34.9 Å². The van der Waals surface area contributed by atoms with Gasteiger partial charge >= 0.3 is 0 Å². The van der Waals surface area contributed by atoms with Gasteiger partial charge in [0.15, 0.2) is 5.16 Å². The van der Waals surface area contributed by atoms with E-state index in [2.05, 4.69) is 56.9 Å². The summed E-state index contributed by atoms with van der Waals surface area (Å²) in [5, 5.41) is 18.7. The number of aryl methyl sites for hydroxylation is 1. The highest BCUT2D eigenvalue weighted by Gasteiger charge is 2.27. The van der Waals surface area contributed by atoms with E-state index in [0.717, 1.165) is 17.3 Å². The van der Waals surface area contributed by atoms with E-state index in [-0.39, 0.29) is 17.4 Å². The summed E-state index contributed by atoms with van der Waals surface area (Å²) in [4.78, 5) is 0. The molecule has 5 nitrogen and oxygen atoms in total. The van der Waals surface area contributed by atoms with E-state index < -0.39 is 6.10 Å². The van der Waals surface area contributed by atoms with Crippen LogP contribution in [0.15, 0.2) is 35.7 Å². The van der Waals surface area contributed by atoms with Crippen LogP contribution in [0.3, 0.4) is 0 Å². The second-order valence-corrected chi connectivity index (χ2v) is 9.63. The number of aliphatic hydroxyl groups excluding tert-OH is 1. The molecule has 0 spiro atoms. The van der Waals surface area contributed by atoms with E-state index in [0.29, 0.717) is 5.75 Å². The molecular weight excluding hydrogens is 346 g/mol. The zero-order valence-corrected chi connectivity index (χ0v) is 17.5. The molecule has 0 aliphatic rings. The van der Waals surface area contributed by atoms with E-state index in [1.807, 2.05) is 23.7 Å². The van der Waals surface area contributed by atoms with Gasteiger partial charge in [-0.15, -0.1) is 10.2 Å². The second-order valence-electron chi connectivity index (χ2n) is 8.65. The first-order chi connectivity index (χ1) is 12.1. The molecule has 2 aromatic rings. The quantitative estimate of drug-likeness (QED) is 0.703. The van der Waals surface area contributed by atoms with Crippen molar-refractivity contribution in [3.63, 3.8) is 0 Å². The van der Waals surface area contributed by atoms with Gasteiger partial charge in [-0.3, -0.25) is 0 Å². The first kappa shape index (κ1) is 20.8. The van der Waals surface area contributed by atoms with Gasteiger partial charge in [0.2, 0.25) is 0 Å². The maximum atomic E-state index is 10.1.